The number of nitrogens with one attached hydrogen (secondary N) is 1. The number of aryl methyl sites for hydroxylation is 1. The van der Waals surface area contributed by atoms with E-state index in [9.17, 15) is 13.2 Å². The fourth-order valence-electron chi connectivity index (χ4n) is 1.76. The Morgan fingerprint density at radius 3 is 2.67 bits per heavy atom. The summed E-state index contributed by atoms with van der Waals surface area (Å²) >= 11 is 5.72. The van der Waals surface area contributed by atoms with E-state index in [-0.39, 0.29) is 22.0 Å². The van der Waals surface area contributed by atoms with Gasteiger partial charge in [0.25, 0.3) is 0 Å². The summed E-state index contributed by atoms with van der Waals surface area (Å²) < 4.78 is 28.5. The highest BCUT2D eigenvalue weighted by Gasteiger charge is 2.18. The number of sulfonamides is 1. The molecule has 0 spiro atoms. The maximum absolute atomic E-state index is 12.1. The molecular weight excluding hydrogens is 316 g/mol. The zero-order chi connectivity index (χ0) is 15.6. The van der Waals surface area contributed by atoms with Crippen LogP contribution < -0.4 is 4.72 Å². The first-order valence-electron chi connectivity index (χ1n) is 5.93. The van der Waals surface area contributed by atoms with Crippen LogP contribution in [0.15, 0.2) is 41.6 Å². The van der Waals surface area contributed by atoms with Crippen molar-refractivity contribution in [2.75, 3.05) is 0 Å². The van der Waals surface area contributed by atoms with Gasteiger partial charge in [-0.1, -0.05) is 11.6 Å². The second-order valence-electron chi connectivity index (χ2n) is 4.46. The Kier molecular flexibility index (Phi) is 4.36. The normalized spacial score (nSPS) is 11.5. The van der Waals surface area contributed by atoms with Gasteiger partial charge in [-0.05, 0) is 29.8 Å². The van der Waals surface area contributed by atoms with E-state index in [4.69, 9.17) is 16.7 Å². The van der Waals surface area contributed by atoms with E-state index in [0.29, 0.717) is 0 Å². The van der Waals surface area contributed by atoms with Crippen molar-refractivity contribution in [3.63, 3.8) is 0 Å². The third-order valence-electron chi connectivity index (χ3n) is 2.84. The van der Waals surface area contributed by atoms with E-state index in [1.807, 2.05) is 7.05 Å². The van der Waals surface area contributed by atoms with E-state index in [2.05, 4.69) is 4.72 Å². The number of aromatic carboxylic acids is 1. The smallest absolute Gasteiger partial charge is 0.337 e. The number of benzene rings is 1. The number of halogens is 1. The van der Waals surface area contributed by atoms with E-state index in [0.717, 1.165) is 11.6 Å². The summed E-state index contributed by atoms with van der Waals surface area (Å²) in [6.45, 7) is 0.119. The monoisotopic (exact) mass is 328 g/mol. The minimum Gasteiger partial charge on any atom is -0.478 e. The SMILES string of the molecule is Cn1ccc(CNS(=O)(=O)c2ccc(Cl)c(C(=O)O)c2)c1. The standard InChI is InChI=1S/C13H13ClN2O4S/c1-16-5-4-9(8-16)7-15-21(19,20)10-2-3-12(14)11(6-10)13(17)18/h2-6,8,15H,7H2,1H3,(H,17,18). The Bertz CT molecular complexity index is 783. The summed E-state index contributed by atoms with van der Waals surface area (Å²) in [5, 5.41) is 8.95. The summed E-state index contributed by atoms with van der Waals surface area (Å²) in [5.74, 6) is -1.28. The molecule has 112 valence electrons. The molecule has 0 amide bonds. The third-order valence-corrected chi connectivity index (χ3v) is 4.57. The van der Waals surface area contributed by atoms with Crippen LogP contribution in [-0.4, -0.2) is 24.1 Å². The predicted molar refractivity (Wildman–Crippen MR) is 77.8 cm³/mol. The lowest BCUT2D eigenvalue weighted by atomic mass is 10.2. The van der Waals surface area contributed by atoms with Crippen molar-refractivity contribution in [3.8, 4) is 0 Å². The van der Waals surface area contributed by atoms with Crippen LogP contribution in [0.5, 0.6) is 0 Å². The van der Waals surface area contributed by atoms with E-state index < -0.39 is 16.0 Å². The van der Waals surface area contributed by atoms with Crippen LogP contribution in [0.2, 0.25) is 5.02 Å². The number of nitrogens with zero attached hydrogens (tertiary/aromatic N) is 1. The minimum atomic E-state index is -3.80. The Morgan fingerprint density at radius 1 is 1.38 bits per heavy atom. The lowest BCUT2D eigenvalue weighted by molar-refractivity contribution is 0.0697. The molecule has 6 nitrogen and oxygen atoms in total. The van der Waals surface area contributed by atoms with Gasteiger partial charge in [0.15, 0.2) is 0 Å². The van der Waals surface area contributed by atoms with Crippen molar-refractivity contribution >= 4 is 27.6 Å². The van der Waals surface area contributed by atoms with Gasteiger partial charge in [-0.25, -0.2) is 17.9 Å². The highest BCUT2D eigenvalue weighted by atomic mass is 35.5. The predicted octanol–water partition coefficient (Wildman–Crippen LogP) is 1.86. The maximum Gasteiger partial charge on any atom is 0.337 e. The average Bonchev–Trinajstić information content (AvgIpc) is 2.82. The van der Waals surface area contributed by atoms with Gasteiger partial charge in [-0.15, -0.1) is 0 Å². The number of hydrogen-bond acceptors (Lipinski definition) is 3. The second kappa shape index (κ2) is 5.88. The maximum atomic E-state index is 12.1. The van der Waals surface area contributed by atoms with Gasteiger partial charge < -0.3 is 9.67 Å². The van der Waals surface area contributed by atoms with Crippen LogP contribution >= 0.6 is 11.6 Å². The topological polar surface area (TPSA) is 88.4 Å². The Labute approximate surface area is 127 Å². The molecule has 21 heavy (non-hydrogen) atoms. The van der Waals surface area contributed by atoms with Gasteiger partial charge in [0.1, 0.15) is 0 Å². The molecule has 1 heterocycles. The molecule has 0 bridgehead atoms. The van der Waals surface area contributed by atoms with Crippen molar-refractivity contribution in [2.45, 2.75) is 11.4 Å². The number of rotatable bonds is 5. The minimum absolute atomic E-state index is 0.00971. The van der Waals surface area contributed by atoms with Gasteiger partial charge in [-0.3, -0.25) is 0 Å². The lowest BCUT2D eigenvalue weighted by Crippen LogP contribution is -2.23. The summed E-state index contributed by atoms with van der Waals surface area (Å²) in [6, 6.07) is 5.34. The van der Waals surface area contributed by atoms with Crippen molar-refractivity contribution in [2.24, 2.45) is 7.05 Å². The number of hydrogen-bond donors (Lipinski definition) is 2. The fraction of sp³-hybridized carbons (Fsp3) is 0.154. The molecule has 2 rings (SSSR count). The molecule has 0 atom stereocenters. The lowest BCUT2D eigenvalue weighted by Gasteiger charge is -2.07. The molecule has 0 unspecified atom stereocenters. The molecule has 2 N–H and O–H groups in total. The highest BCUT2D eigenvalue weighted by Crippen LogP contribution is 2.20. The molecule has 0 aliphatic rings. The third kappa shape index (κ3) is 3.63. The summed E-state index contributed by atoms with van der Waals surface area (Å²) in [7, 11) is -1.97. The van der Waals surface area contributed by atoms with Crippen molar-refractivity contribution in [1.29, 1.82) is 0 Å². The van der Waals surface area contributed by atoms with E-state index in [1.165, 1.54) is 12.1 Å². The first kappa shape index (κ1) is 15.6. The van der Waals surface area contributed by atoms with Crippen LogP contribution in [0.1, 0.15) is 15.9 Å². The molecule has 0 radical (unpaired) electrons. The number of carboxylic acid groups (broad SMARTS) is 1. The Balaban J connectivity index is 2.23. The van der Waals surface area contributed by atoms with Crippen LogP contribution in [-0.2, 0) is 23.6 Å². The fourth-order valence-corrected chi connectivity index (χ4v) is 3.00. The molecule has 0 fully saturated rings. The summed E-state index contributed by atoms with van der Waals surface area (Å²) in [5.41, 5.74) is 0.549. The number of aromatic nitrogens is 1. The van der Waals surface area contributed by atoms with Gasteiger partial charge in [0.2, 0.25) is 10.0 Å². The molecule has 1 aromatic carbocycles. The van der Waals surface area contributed by atoms with Crippen LogP contribution in [0.25, 0.3) is 0 Å². The zero-order valence-electron chi connectivity index (χ0n) is 11.1. The van der Waals surface area contributed by atoms with Gasteiger partial charge in [0.05, 0.1) is 15.5 Å². The molecule has 1 aromatic heterocycles. The first-order valence-corrected chi connectivity index (χ1v) is 7.79. The quantitative estimate of drug-likeness (QED) is 0.876. The highest BCUT2D eigenvalue weighted by molar-refractivity contribution is 7.89. The number of carboxylic acids is 1. The first-order chi connectivity index (χ1) is 9.79. The molecule has 0 saturated heterocycles. The Morgan fingerprint density at radius 2 is 2.10 bits per heavy atom. The zero-order valence-corrected chi connectivity index (χ0v) is 12.6. The van der Waals surface area contributed by atoms with Crippen molar-refractivity contribution in [3.05, 3.63) is 52.8 Å². The molecule has 0 aliphatic carbocycles. The van der Waals surface area contributed by atoms with Gasteiger partial charge in [0, 0.05) is 26.0 Å². The van der Waals surface area contributed by atoms with Gasteiger partial charge in [-0.2, -0.15) is 0 Å². The average molecular weight is 329 g/mol. The Hall–Kier alpha value is -1.83. The van der Waals surface area contributed by atoms with Crippen LogP contribution in [0.4, 0.5) is 0 Å². The molecular formula is C13H13ClN2O4S. The summed E-state index contributed by atoms with van der Waals surface area (Å²) in [4.78, 5) is 10.8. The van der Waals surface area contributed by atoms with E-state index >= 15 is 0 Å². The molecule has 0 saturated carbocycles. The van der Waals surface area contributed by atoms with Gasteiger partial charge >= 0.3 is 5.97 Å². The van der Waals surface area contributed by atoms with Crippen LogP contribution in [0.3, 0.4) is 0 Å². The molecule has 8 heteroatoms. The molecule has 2 aromatic rings. The molecule has 0 aliphatic heterocycles. The number of carbonyl (C=O) groups is 1. The summed E-state index contributed by atoms with van der Waals surface area (Å²) in [6.07, 6.45) is 3.58. The van der Waals surface area contributed by atoms with Crippen molar-refractivity contribution < 1.29 is 18.3 Å². The second-order valence-corrected chi connectivity index (χ2v) is 6.63. The largest absolute Gasteiger partial charge is 0.478 e. The van der Waals surface area contributed by atoms with Crippen molar-refractivity contribution in [1.82, 2.24) is 9.29 Å². The van der Waals surface area contributed by atoms with Crippen LogP contribution in [0, 0.1) is 0 Å². The van der Waals surface area contributed by atoms with E-state index in [1.54, 1.807) is 23.0 Å².